The van der Waals surface area contributed by atoms with Crippen LogP contribution in [0.1, 0.15) is 121 Å². The zero-order valence-electron chi connectivity index (χ0n) is 46.1. The predicted molar refractivity (Wildman–Crippen MR) is 291 cm³/mol. The number of hydrogen-bond acceptors (Lipinski definition) is 13. The molecule has 2 fully saturated rings. The van der Waals surface area contributed by atoms with Gasteiger partial charge in [-0.05, 0) is 79.5 Å². The summed E-state index contributed by atoms with van der Waals surface area (Å²) in [6, 6.07) is 10.7. The number of unbranched alkanes of at least 4 members (excludes halogenated alkanes) is 6. The second kappa shape index (κ2) is 30.6. The minimum atomic E-state index is -1.85. The van der Waals surface area contributed by atoms with Gasteiger partial charge in [0.2, 0.25) is 41.4 Å². The molecule has 0 radical (unpaired) electrons. The summed E-state index contributed by atoms with van der Waals surface area (Å²) in [6.45, 7) is 6.64. The van der Waals surface area contributed by atoms with Crippen LogP contribution in [-0.4, -0.2) is 147 Å². The van der Waals surface area contributed by atoms with Gasteiger partial charge in [-0.2, -0.15) is 0 Å². The van der Waals surface area contributed by atoms with E-state index >= 15 is 4.79 Å². The summed E-state index contributed by atoms with van der Waals surface area (Å²) in [5, 5.41) is 44.7. The van der Waals surface area contributed by atoms with E-state index in [1.54, 1.807) is 68.4 Å². The molecule has 3 aromatic carbocycles. The topological polar surface area (TPSA) is 299 Å². The summed E-state index contributed by atoms with van der Waals surface area (Å²) in [6.07, 6.45) is 1.71. The first kappa shape index (κ1) is 62.3. The molecule has 9 unspecified atom stereocenters. The van der Waals surface area contributed by atoms with Crippen molar-refractivity contribution in [2.24, 2.45) is 5.92 Å². The molecular weight excluding hydrogens is 1020 g/mol. The maximum atomic E-state index is 15.2. The SMILES string of the molecule is CCCCCCCCCC(=O)NC(CCC(=O)O)C(=O)NC1C(=O)NC(Cc2ccc(O)cc2)C(=O)NC2CCC(O)N(C2=O)C(Cc2ccccc2)C(=O)N(C)C(Cc2ccc(OC)cc2)C(=O)NC(C(C)C)C(=O)OC1C. The van der Waals surface area contributed by atoms with Crippen molar-refractivity contribution in [1.82, 2.24) is 36.4 Å². The number of esters is 1. The van der Waals surface area contributed by atoms with Crippen LogP contribution in [0.15, 0.2) is 78.9 Å². The number of aliphatic hydroxyl groups is 1. The van der Waals surface area contributed by atoms with E-state index in [9.17, 15) is 53.7 Å². The maximum absolute atomic E-state index is 15.2. The molecule has 0 aliphatic carbocycles. The fraction of sp³-hybridized carbons (Fsp3) is 0.534. The molecule has 2 saturated heterocycles. The number of ether oxygens (including phenoxy) is 2. The Morgan fingerprint density at radius 1 is 0.734 bits per heavy atom. The van der Waals surface area contributed by atoms with Crippen LogP contribution in [0.2, 0.25) is 0 Å². The first-order valence-electron chi connectivity index (χ1n) is 27.4. The highest BCUT2D eigenvalue weighted by molar-refractivity contribution is 5.98. The molecule has 2 heterocycles. The Labute approximate surface area is 461 Å². The molecule has 7 amide bonds. The maximum Gasteiger partial charge on any atom is 0.329 e. The molecule has 9 atom stereocenters. The molecule has 2 aliphatic heterocycles. The van der Waals surface area contributed by atoms with Crippen molar-refractivity contribution in [3.8, 4) is 11.5 Å². The Hall–Kier alpha value is -7.55. The molecule has 8 N–H and O–H groups in total. The van der Waals surface area contributed by atoms with Gasteiger partial charge in [0.05, 0.1) is 7.11 Å². The summed E-state index contributed by atoms with van der Waals surface area (Å²) in [7, 11) is 2.87. The van der Waals surface area contributed by atoms with Gasteiger partial charge in [-0.15, -0.1) is 0 Å². The number of phenols is 1. The number of nitrogens with one attached hydrogen (secondary N) is 5. The lowest BCUT2D eigenvalue weighted by molar-refractivity contribution is -0.165. The van der Waals surface area contributed by atoms with Crippen LogP contribution in [-0.2, 0) is 67.2 Å². The van der Waals surface area contributed by atoms with E-state index in [0.29, 0.717) is 28.9 Å². The lowest BCUT2D eigenvalue weighted by atomic mass is 9.95. The largest absolute Gasteiger partial charge is 0.508 e. The van der Waals surface area contributed by atoms with E-state index in [0.717, 1.165) is 48.3 Å². The third kappa shape index (κ3) is 18.5. The van der Waals surface area contributed by atoms with Crippen molar-refractivity contribution in [2.75, 3.05) is 14.2 Å². The number of fused-ring (bicyclic) bond motifs is 2. The molecule has 2 aliphatic rings. The number of carboxylic acid groups (broad SMARTS) is 1. The van der Waals surface area contributed by atoms with Crippen molar-refractivity contribution < 1.29 is 67.9 Å². The fourth-order valence-electron chi connectivity index (χ4n) is 9.70. The lowest BCUT2D eigenvalue weighted by Crippen LogP contribution is -2.65. The number of aromatic hydroxyl groups is 1. The number of amides is 7. The smallest absolute Gasteiger partial charge is 0.329 e. The van der Waals surface area contributed by atoms with Gasteiger partial charge < -0.3 is 61.2 Å². The second-order valence-electron chi connectivity index (χ2n) is 20.8. The summed E-state index contributed by atoms with van der Waals surface area (Å²) in [4.78, 5) is 131. The Kier molecular flexibility index (Phi) is 24.1. The lowest BCUT2D eigenvalue weighted by Gasteiger charge is -2.43. The van der Waals surface area contributed by atoms with Crippen LogP contribution in [0.4, 0.5) is 0 Å². The van der Waals surface area contributed by atoms with Crippen LogP contribution in [0.5, 0.6) is 11.5 Å². The molecule has 2 bridgehead atoms. The van der Waals surface area contributed by atoms with Crippen LogP contribution in [0.25, 0.3) is 0 Å². The van der Waals surface area contributed by atoms with Crippen molar-refractivity contribution in [3.05, 3.63) is 95.6 Å². The van der Waals surface area contributed by atoms with Gasteiger partial charge in [0.15, 0.2) is 0 Å². The van der Waals surface area contributed by atoms with Crippen molar-refractivity contribution >= 4 is 53.3 Å². The van der Waals surface area contributed by atoms with Crippen molar-refractivity contribution in [1.29, 1.82) is 0 Å². The number of carbonyl (C=O) groups excluding carboxylic acids is 8. The third-order valence-corrected chi connectivity index (χ3v) is 14.4. The molecule has 21 heteroatoms. The van der Waals surface area contributed by atoms with E-state index in [4.69, 9.17) is 9.47 Å². The minimum Gasteiger partial charge on any atom is -0.508 e. The number of rotatable bonds is 22. The first-order valence-corrected chi connectivity index (χ1v) is 27.4. The quantitative estimate of drug-likeness (QED) is 0.0527. The molecule has 0 spiro atoms. The van der Waals surface area contributed by atoms with Crippen LogP contribution in [0, 0.1) is 5.92 Å². The Morgan fingerprint density at radius 3 is 1.97 bits per heavy atom. The Balaban J connectivity index is 1.60. The molecule has 79 heavy (non-hydrogen) atoms. The monoisotopic (exact) mass is 1100 g/mol. The summed E-state index contributed by atoms with van der Waals surface area (Å²) in [5.41, 5.74) is 1.61. The van der Waals surface area contributed by atoms with E-state index in [2.05, 4.69) is 33.5 Å². The highest BCUT2D eigenvalue weighted by Gasteiger charge is 2.46. The predicted octanol–water partition coefficient (Wildman–Crippen LogP) is 3.60. The number of aliphatic hydroxyl groups excluding tert-OH is 1. The number of piperidine rings is 1. The second-order valence-corrected chi connectivity index (χ2v) is 20.8. The average molecular weight is 1100 g/mol. The molecule has 0 aromatic heterocycles. The molecule has 3 aromatic rings. The Morgan fingerprint density at radius 2 is 1.34 bits per heavy atom. The number of likely N-dealkylation sites (N-methyl/N-ethyl adjacent to an activating group) is 1. The summed E-state index contributed by atoms with van der Waals surface area (Å²) < 4.78 is 11.3. The summed E-state index contributed by atoms with van der Waals surface area (Å²) in [5.74, 6) is -8.51. The number of hydrogen-bond donors (Lipinski definition) is 8. The zero-order chi connectivity index (χ0) is 57.8. The van der Waals surface area contributed by atoms with Gasteiger partial charge in [0.1, 0.15) is 66.1 Å². The van der Waals surface area contributed by atoms with E-state index in [1.807, 2.05) is 0 Å². The summed E-state index contributed by atoms with van der Waals surface area (Å²) >= 11 is 0. The third-order valence-electron chi connectivity index (χ3n) is 14.4. The Bertz CT molecular complexity index is 2550. The number of carbonyl (C=O) groups is 9. The number of aliphatic carboxylic acids is 1. The highest BCUT2D eigenvalue weighted by atomic mass is 16.5. The van der Waals surface area contributed by atoms with Gasteiger partial charge in [0, 0.05) is 39.2 Å². The van der Waals surface area contributed by atoms with Gasteiger partial charge in [-0.3, -0.25) is 38.4 Å². The number of cyclic esters (lactones) is 1. The normalized spacial score (nSPS) is 23.0. The van der Waals surface area contributed by atoms with Crippen LogP contribution >= 0.6 is 0 Å². The van der Waals surface area contributed by atoms with Gasteiger partial charge in [-0.1, -0.05) is 114 Å². The number of methoxy groups -OCH3 is 1. The zero-order valence-corrected chi connectivity index (χ0v) is 46.1. The van der Waals surface area contributed by atoms with Gasteiger partial charge >= 0.3 is 11.9 Å². The van der Waals surface area contributed by atoms with Gasteiger partial charge in [-0.25, -0.2) is 4.79 Å². The van der Waals surface area contributed by atoms with E-state index < -0.39 is 120 Å². The molecule has 21 nitrogen and oxygen atoms in total. The average Bonchev–Trinajstić information content (AvgIpc) is 3.49. The van der Waals surface area contributed by atoms with E-state index in [1.165, 1.54) is 45.3 Å². The number of carboxylic acids is 1. The standard InChI is InChI=1S/C58H79N7O14/c1-7-8-9-10-11-12-16-19-47(67)59-42(29-31-49(69)70)52(71)63-51-36(4)79-58(77)50(35(2)3)62-54(73)45(33-39-22-26-41(78-6)27-23-39)64(5)57(76)46(34-37-17-14-13-15-18-37)65-48(68)30-28-43(56(65)75)60-53(72)44(61-55(51)74)32-38-20-24-40(66)25-21-38/h13-15,17-18,20-27,35-36,42-46,48,50-51,66,68H,7-12,16,19,28-34H2,1-6H3,(H,59,67)(H,60,72)(H,61,74)(H,62,73)(H,63,71)(H,69,70). The fourth-order valence-corrected chi connectivity index (χ4v) is 9.70. The minimum absolute atomic E-state index is 0.0394. The van der Waals surface area contributed by atoms with E-state index in [-0.39, 0.29) is 50.7 Å². The number of benzene rings is 3. The number of phenolic OH excluding ortho intramolecular Hbond substituents is 1. The van der Waals surface area contributed by atoms with Gasteiger partial charge in [0.25, 0.3) is 0 Å². The molecule has 0 saturated carbocycles. The molecule has 430 valence electrons. The highest BCUT2D eigenvalue weighted by Crippen LogP contribution is 2.26. The first-order chi connectivity index (χ1) is 37.7. The molecule has 5 rings (SSSR count). The number of nitrogens with zero attached hydrogens (tertiary/aromatic N) is 2. The van der Waals surface area contributed by atoms with Crippen LogP contribution in [0.3, 0.4) is 0 Å². The molecular formula is C58H79N7O14. The van der Waals surface area contributed by atoms with Crippen molar-refractivity contribution in [3.63, 3.8) is 0 Å². The van der Waals surface area contributed by atoms with Crippen molar-refractivity contribution in [2.45, 2.75) is 179 Å². The van der Waals surface area contributed by atoms with Crippen LogP contribution < -0.4 is 31.3 Å².